The Morgan fingerprint density at radius 2 is 1.48 bits per heavy atom. The molecule has 1 aromatic rings. The maximum absolute atomic E-state index is 10.5. The van der Waals surface area contributed by atoms with E-state index in [0.29, 0.717) is 28.8 Å². The Balaban J connectivity index is 1.95. The summed E-state index contributed by atoms with van der Waals surface area (Å²) in [4.78, 5) is 0. The average Bonchev–Trinajstić information content (AvgIpc) is 2.47. The Bertz CT molecular complexity index is 561. The Kier molecular flexibility index (Phi) is 9.95. The Morgan fingerprint density at radius 1 is 0.913 bits per heavy atom. The lowest BCUT2D eigenvalue weighted by Crippen LogP contribution is -2.03. The zero-order valence-corrected chi connectivity index (χ0v) is 15.5. The summed E-state index contributed by atoms with van der Waals surface area (Å²) >= 11 is 11.9. The van der Waals surface area contributed by atoms with Crippen LogP contribution in [0.2, 0.25) is 10.0 Å². The number of hydrogen-bond donors (Lipinski definition) is 1. The highest BCUT2D eigenvalue weighted by atomic mass is 35.5. The van der Waals surface area contributed by atoms with Gasteiger partial charge in [0.2, 0.25) is 0 Å². The summed E-state index contributed by atoms with van der Waals surface area (Å²) in [5, 5.41) is 1.18. The molecule has 4 nitrogen and oxygen atoms in total. The molecule has 0 saturated heterocycles. The van der Waals surface area contributed by atoms with Crippen molar-refractivity contribution in [2.24, 2.45) is 0 Å². The van der Waals surface area contributed by atoms with Crippen molar-refractivity contribution < 1.29 is 17.7 Å². The van der Waals surface area contributed by atoms with Crippen molar-refractivity contribution in [1.82, 2.24) is 0 Å². The second-order valence-electron chi connectivity index (χ2n) is 5.54. The Labute approximate surface area is 148 Å². The molecule has 1 rings (SSSR count). The number of ether oxygens (including phenoxy) is 1. The van der Waals surface area contributed by atoms with Crippen LogP contribution in [0.4, 0.5) is 0 Å². The van der Waals surface area contributed by atoms with Gasteiger partial charge in [0.05, 0.1) is 17.4 Å². The zero-order valence-electron chi connectivity index (χ0n) is 13.1. The zero-order chi connectivity index (χ0) is 17.1. The largest absolute Gasteiger partial charge is 0.492 e. The lowest BCUT2D eigenvalue weighted by Gasteiger charge is -2.08. The van der Waals surface area contributed by atoms with Gasteiger partial charge in [-0.2, -0.15) is 8.42 Å². The van der Waals surface area contributed by atoms with Crippen molar-refractivity contribution in [2.45, 2.75) is 51.4 Å². The minimum Gasteiger partial charge on any atom is -0.492 e. The number of benzene rings is 1. The molecule has 0 radical (unpaired) electrons. The van der Waals surface area contributed by atoms with E-state index in [9.17, 15) is 8.42 Å². The number of halogens is 2. The Hall–Kier alpha value is -0.490. The lowest BCUT2D eigenvalue weighted by molar-refractivity contribution is 0.304. The number of rotatable bonds is 12. The summed E-state index contributed by atoms with van der Waals surface area (Å²) in [5.41, 5.74) is 0. The van der Waals surface area contributed by atoms with Crippen LogP contribution in [0.5, 0.6) is 5.75 Å². The molecular weight excluding hydrogens is 359 g/mol. The van der Waals surface area contributed by atoms with Gasteiger partial charge in [0.25, 0.3) is 10.1 Å². The predicted molar refractivity (Wildman–Crippen MR) is 95.3 cm³/mol. The minimum atomic E-state index is -3.79. The molecule has 0 amide bonds. The van der Waals surface area contributed by atoms with Crippen LogP contribution < -0.4 is 4.74 Å². The molecule has 0 aromatic heterocycles. The van der Waals surface area contributed by atoms with Crippen molar-refractivity contribution in [2.75, 3.05) is 12.4 Å². The standard InChI is InChI=1S/C16H24Cl2O4S/c17-14-9-10-15(18)16(13-14)22-11-7-5-3-1-2-4-6-8-12-23(19,20)21/h9-10,13H,1-8,11-12H2,(H,19,20,21). The van der Waals surface area contributed by atoms with Crippen molar-refractivity contribution in [1.29, 1.82) is 0 Å². The SMILES string of the molecule is O=S(=O)(O)CCCCCCCCCCOc1cc(Cl)ccc1Cl. The first-order valence-electron chi connectivity index (χ1n) is 7.91. The molecule has 23 heavy (non-hydrogen) atoms. The van der Waals surface area contributed by atoms with Crippen LogP contribution in [0.25, 0.3) is 0 Å². The predicted octanol–water partition coefficient (Wildman–Crippen LogP) is 5.38. The third kappa shape index (κ3) is 10.8. The van der Waals surface area contributed by atoms with E-state index in [1.54, 1.807) is 18.2 Å². The maximum atomic E-state index is 10.5. The number of unbranched alkanes of at least 4 members (excludes halogenated alkanes) is 7. The molecule has 1 aromatic carbocycles. The summed E-state index contributed by atoms with van der Waals surface area (Å²) in [5.74, 6) is 0.495. The summed E-state index contributed by atoms with van der Waals surface area (Å²) in [6.07, 6.45) is 7.78. The van der Waals surface area contributed by atoms with Crippen LogP contribution in [0, 0.1) is 0 Å². The first-order valence-corrected chi connectivity index (χ1v) is 10.3. The van der Waals surface area contributed by atoms with Gasteiger partial charge in [0.1, 0.15) is 5.75 Å². The smallest absolute Gasteiger partial charge is 0.264 e. The van der Waals surface area contributed by atoms with Gasteiger partial charge >= 0.3 is 0 Å². The summed E-state index contributed by atoms with van der Waals surface area (Å²) in [7, 11) is -3.79. The Morgan fingerprint density at radius 3 is 2.09 bits per heavy atom. The molecule has 132 valence electrons. The highest BCUT2D eigenvalue weighted by Crippen LogP contribution is 2.27. The topological polar surface area (TPSA) is 63.6 Å². The third-order valence-corrected chi connectivity index (χ3v) is 4.80. The van der Waals surface area contributed by atoms with E-state index >= 15 is 0 Å². The molecular formula is C16H24Cl2O4S. The summed E-state index contributed by atoms with van der Waals surface area (Å²) in [6, 6.07) is 5.17. The van der Waals surface area contributed by atoms with Crippen LogP contribution in [0.1, 0.15) is 51.4 Å². The maximum Gasteiger partial charge on any atom is 0.264 e. The second-order valence-corrected chi connectivity index (χ2v) is 7.95. The van der Waals surface area contributed by atoms with Crippen LogP contribution in [-0.4, -0.2) is 25.3 Å². The monoisotopic (exact) mass is 382 g/mol. The summed E-state index contributed by atoms with van der Waals surface area (Å²) in [6.45, 7) is 0.619. The molecule has 0 unspecified atom stereocenters. The van der Waals surface area contributed by atoms with Crippen molar-refractivity contribution >= 4 is 33.3 Å². The molecule has 0 aliphatic heterocycles. The normalized spacial score (nSPS) is 11.6. The lowest BCUT2D eigenvalue weighted by atomic mass is 10.1. The highest BCUT2D eigenvalue weighted by molar-refractivity contribution is 7.85. The average molecular weight is 383 g/mol. The van der Waals surface area contributed by atoms with Gasteiger partial charge in [-0.1, -0.05) is 61.7 Å². The molecule has 7 heteroatoms. The van der Waals surface area contributed by atoms with E-state index < -0.39 is 10.1 Å². The van der Waals surface area contributed by atoms with Crippen LogP contribution in [-0.2, 0) is 10.1 Å². The van der Waals surface area contributed by atoms with Crippen LogP contribution in [0.15, 0.2) is 18.2 Å². The van der Waals surface area contributed by atoms with Crippen LogP contribution in [0.3, 0.4) is 0 Å². The number of hydrogen-bond acceptors (Lipinski definition) is 3. The van der Waals surface area contributed by atoms with E-state index in [0.717, 1.165) is 44.9 Å². The van der Waals surface area contributed by atoms with E-state index in [1.165, 1.54) is 0 Å². The quantitative estimate of drug-likeness (QED) is 0.389. The van der Waals surface area contributed by atoms with E-state index in [4.69, 9.17) is 32.5 Å². The fraction of sp³-hybridized carbons (Fsp3) is 0.625. The minimum absolute atomic E-state index is 0.129. The molecule has 0 aliphatic carbocycles. The molecule has 0 atom stereocenters. The first kappa shape index (κ1) is 20.6. The third-order valence-electron chi connectivity index (χ3n) is 3.45. The van der Waals surface area contributed by atoms with Crippen LogP contribution >= 0.6 is 23.2 Å². The molecule has 0 aliphatic rings. The molecule has 0 saturated carbocycles. The van der Waals surface area contributed by atoms with Gasteiger partial charge in [-0.05, 0) is 25.0 Å². The first-order chi connectivity index (χ1) is 10.9. The fourth-order valence-corrected chi connectivity index (χ4v) is 3.12. The van der Waals surface area contributed by atoms with Gasteiger partial charge in [-0.15, -0.1) is 0 Å². The molecule has 0 heterocycles. The van der Waals surface area contributed by atoms with Gasteiger partial charge in [0, 0.05) is 11.1 Å². The van der Waals surface area contributed by atoms with Crippen molar-refractivity contribution in [3.63, 3.8) is 0 Å². The van der Waals surface area contributed by atoms with Gasteiger partial charge in [-0.3, -0.25) is 4.55 Å². The molecule has 0 fully saturated rings. The van der Waals surface area contributed by atoms with E-state index in [1.807, 2.05) is 0 Å². The summed E-state index contributed by atoms with van der Waals surface area (Å²) < 4.78 is 35.3. The van der Waals surface area contributed by atoms with Gasteiger partial charge in [-0.25, -0.2) is 0 Å². The fourth-order valence-electron chi connectivity index (χ4n) is 2.22. The molecule has 0 bridgehead atoms. The second kappa shape index (κ2) is 11.1. The van der Waals surface area contributed by atoms with Gasteiger partial charge < -0.3 is 4.74 Å². The van der Waals surface area contributed by atoms with E-state index in [-0.39, 0.29) is 5.75 Å². The highest BCUT2D eigenvalue weighted by Gasteiger charge is 2.03. The van der Waals surface area contributed by atoms with Gasteiger partial charge in [0.15, 0.2) is 0 Å². The van der Waals surface area contributed by atoms with Crippen molar-refractivity contribution in [3.05, 3.63) is 28.2 Å². The van der Waals surface area contributed by atoms with Crippen molar-refractivity contribution in [3.8, 4) is 5.75 Å². The molecule has 1 N–H and O–H groups in total. The molecule has 0 spiro atoms. The van der Waals surface area contributed by atoms with E-state index in [2.05, 4.69) is 0 Å².